The summed E-state index contributed by atoms with van der Waals surface area (Å²) in [6, 6.07) is 9.16. The third kappa shape index (κ3) is 3.26. The summed E-state index contributed by atoms with van der Waals surface area (Å²) in [7, 11) is 3.88. The molecule has 0 radical (unpaired) electrons. The zero-order valence-corrected chi connectivity index (χ0v) is 12.2. The van der Waals surface area contributed by atoms with Gasteiger partial charge < -0.3 is 15.4 Å². The molecule has 4 heteroatoms. The van der Waals surface area contributed by atoms with Crippen molar-refractivity contribution in [3.8, 4) is 5.75 Å². The van der Waals surface area contributed by atoms with Gasteiger partial charge in [-0.2, -0.15) is 0 Å². The van der Waals surface area contributed by atoms with E-state index in [9.17, 15) is 0 Å². The van der Waals surface area contributed by atoms with E-state index in [4.69, 9.17) is 10.5 Å². The topological polar surface area (TPSA) is 41.7 Å². The first-order valence-electron chi connectivity index (χ1n) is 6.94. The van der Waals surface area contributed by atoms with E-state index < -0.39 is 0 Å². The van der Waals surface area contributed by atoms with Crippen LogP contribution in [-0.2, 0) is 0 Å². The maximum atomic E-state index is 6.00. The lowest BCUT2D eigenvalue weighted by molar-refractivity contribution is 0.0741. The van der Waals surface area contributed by atoms with Crippen molar-refractivity contribution in [3.63, 3.8) is 0 Å². The lowest BCUT2D eigenvalue weighted by atomic mass is 10.0. The minimum absolute atomic E-state index is 0.307. The summed E-state index contributed by atoms with van der Waals surface area (Å²) >= 11 is 0. The molecule has 0 aromatic heterocycles. The minimum Gasteiger partial charge on any atom is -0.497 e. The second-order valence-corrected chi connectivity index (χ2v) is 5.35. The Balaban J connectivity index is 2.10. The fourth-order valence-corrected chi connectivity index (χ4v) is 2.68. The first-order chi connectivity index (χ1) is 9.15. The Morgan fingerprint density at radius 1 is 1.32 bits per heavy atom. The van der Waals surface area contributed by atoms with Gasteiger partial charge in [-0.1, -0.05) is 12.1 Å². The second kappa shape index (κ2) is 6.37. The van der Waals surface area contributed by atoms with Crippen LogP contribution in [0.3, 0.4) is 0 Å². The van der Waals surface area contributed by atoms with Crippen molar-refractivity contribution < 1.29 is 4.74 Å². The standard InChI is InChI=1S/C15H25N3O/c1-12-11-18(9-8-17(12)2)15(10-16)13-4-6-14(19-3)7-5-13/h4-7,12,15H,8-11,16H2,1-3H3. The van der Waals surface area contributed by atoms with Crippen molar-refractivity contribution in [2.24, 2.45) is 5.73 Å². The third-order valence-corrected chi connectivity index (χ3v) is 4.16. The van der Waals surface area contributed by atoms with Crippen LogP contribution in [0.15, 0.2) is 24.3 Å². The van der Waals surface area contributed by atoms with Crippen molar-refractivity contribution >= 4 is 0 Å². The average molecular weight is 263 g/mol. The van der Waals surface area contributed by atoms with Gasteiger partial charge in [-0.15, -0.1) is 0 Å². The van der Waals surface area contributed by atoms with Crippen LogP contribution in [0.25, 0.3) is 0 Å². The quantitative estimate of drug-likeness (QED) is 0.890. The van der Waals surface area contributed by atoms with Crippen LogP contribution in [0.4, 0.5) is 0 Å². The van der Waals surface area contributed by atoms with Crippen LogP contribution in [-0.4, -0.2) is 56.2 Å². The summed E-state index contributed by atoms with van der Waals surface area (Å²) in [5, 5.41) is 0. The molecule has 0 saturated carbocycles. The number of nitrogens with zero attached hydrogens (tertiary/aromatic N) is 2. The summed E-state index contributed by atoms with van der Waals surface area (Å²) in [6.45, 7) is 6.18. The molecule has 2 atom stereocenters. The van der Waals surface area contributed by atoms with E-state index >= 15 is 0 Å². The molecule has 2 N–H and O–H groups in total. The summed E-state index contributed by atoms with van der Waals surface area (Å²) in [5.41, 5.74) is 7.28. The number of hydrogen-bond acceptors (Lipinski definition) is 4. The lowest BCUT2D eigenvalue weighted by Gasteiger charge is -2.41. The van der Waals surface area contributed by atoms with Gasteiger partial charge in [0.1, 0.15) is 5.75 Å². The predicted octanol–water partition coefficient (Wildman–Crippen LogP) is 1.33. The van der Waals surface area contributed by atoms with Crippen molar-refractivity contribution in [3.05, 3.63) is 29.8 Å². The first kappa shape index (κ1) is 14.3. The number of likely N-dealkylation sites (N-methyl/N-ethyl adjacent to an activating group) is 1. The van der Waals surface area contributed by atoms with Crippen LogP contribution < -0.4 is 10.5 Å². The lowest BCUT2D eigenvalue weighted by Crippen LogP contribution is -2.52. The maximum absolute atomic E-state index is 6.00. The number of rotatable bonds is 4. The van der Waals surface area contributed by atoms with E-state index in [2.05, 4.69) is 35.9 Å². The van der Waals surface area contributed by atoms with Crippen molar-refractivity contribution in [1.82, 2.24) is 9.80 Å². The molecule has 1 aliphatic rings. The molecule has 0 aliphatic carbocycles. The number of nitrogens with two attached hydrogens (primary N) is 1. The van der Waals surface area contributed by atoms with Gasteiger partial charge in [0.2, 0.25) is 0 Å². The number of piperazine rings is 1. The maximum Gasteiger partial charge on any atom is 0.118 e. The molecule has 1 heterocycles. The summed E-state index contributed by atoms with van der Waals surface area (Å²) in [5.74, 6) is 0.895. The van der Waals surface area contributed by atoms with Crippen molar-refractivity contribution in [2.75, 3.05) is 40.3 Å². The molecule has 1 fully saturated rings. The number of methoxy groups -OCH3 is 1. The molecule has 106 valence electrons. The van der Waals surface area contributed by atoms with Crippen molar-refractivity contribution in [2.45, 2.75) is 19.0 Å². The second-order valence-electron chi connectivity index (χ2n) is 5.35. The zero-order chi connectivity index (χ0) is 13.8. The smallest absolute Gasteiger partial charge is 0.118 e. The first-order valence-corrected chi connectivity index (χ1v) is 6.94. The number of ether oxygens (including phenoxy) is 1. The Bertz CT molecular complexity index is 393. The average Bonchev–Trinajstić information content (AvgIpc) is 2.44. The van der Waals surface area contributed by atoms with Crippen LogP contribution >= 0.6 is 0 Å². The van der Waals surface area contributed by atoms with Gasteiger partial charge >= 0.3 is 0 Å². The highest BCUT2D eigenvalue weighted by Gasteiger charge is 2.26. The Labute approximate surface area is 116 Å². The number of hydrogen-bond donors (Lipinski definition) is 1. The molecular weight excluding hydrogens is 238 g/mol. The monoisotopic (exact) mass is 263 g/mol. The summed E-state index contributed by atoms with van der Waals surface area (Å²) in [6.07, 6.45) is 0. The highest BCUT2D eigenvalue weighted by Crippen LogP contribution is 2.24. The SMILES string of the molecule is COc1ccc(C(CN)N2CCN(C)C(C)C2)cc1. The van der Waals surface area contributed by atoms with Crippen LogP contribution in [0.5, 0.6) is 5.75 Å². The van der Waals surface area contributed by atoms with Gasteiger partial charge in [0.05, 0.1) is 7.11 Å². The van der Waals surface area contributed by atoms with Gasteiger partial charge in [0, 0.05) is 38.3 Å². The van der Waals surface area contributed by atoms with E-state index in [0.29, 0.717) is 18.6 Å². The number of benzene rings is 1. The highest BCUT2D eigenvalue weighted by molar-refractivity contribution is 5.29. The minimum atomic E-state index is 0.307. The van der Waals surface area contributed by atoms with Gasteiger partial charge in [-0.3, -0.25) is 4.90 Å². The Morgan fingerprint density at radius 3 is 2.53 bits per heavy atom. The van der Waals surface area contributed by atoms with Crippen LogP contribution in [0.2, 0.25) is 0 Å². The fraction of sp³-hybridized carbons (Fsp3) is 0.600. The van der Waals surface area contributed by atoms with E-state index in [-0.39, 0.29) is 0 Å². The van der Waals surface area contributed by atoms with E-state index in [1.165, 1.54) is 5.56 Å². The molecule has 0 bridgehead atoms. The molecule has 1 aromatic carbocycles. The molecule has 0 spiro atoms. The van der Waals surface area contributed by atoms with Gasteiger partial charge in [-0.05, 0) is 31.7 Å². The largest absolute Gasteiger partial charge is 0.497 e. The summed E-state index contributed by atoms with van der Waals surface area (Å²) in [4.78, 5) is 4.89. The molecule has 4 nitrogen and oxygen atoms in total. The molecule has 19 heavy (non-hydrogen) atoms. The van der Waals surface area contributed by atoms with Gasteiger partial charge in [0.15, 0.2) is 0 Å². The molecule has 2 rings (SSSR count). The van der Waals surface area contributed by atoms with E-state index in [1.54, 1.807) is 7.11 Å². The van der Waals surface area contributed by atoms with Crippen LogP contribution in [0, 0.1) is 0 Å². The highest BCUT2D eigenvalue weighted by atomic mass is 16.5. The van der Waals surface area contributed by atoms with Gasteiger partial charge in [-0.25, -0.2) is 0 Å². The fourth-order valence-electron chi connectivity index (χ4n) is 2.68. The van der Waals surface area contributed by atoms with E-state index in [1.807, 2.05) is 12.1 Å². The third-order valence-electron chi connectivity index (χ3n) is 4.16. The van der Waals surface area contributed by atoms with E-state index in [0.717, 1.165) is 25.4 Å². The Morgan fingerprint density at radius 2 is 2.00 bits per heavy atom. The Kier molecular flexibility index (Phi) is 4.80. The molecular formula is C15H25N3O. The normalized spacial score (nSPS) is 23.3. The predicted molar refractivity (Wildman–Crippen MR) is 78.5 cm³/mol. The molecule has 1 aromatic rings. The molecule has 1 aliphatic heterocycles. The Hall–Kier alpha value is -1.10. The van der Waals surface area contributed by atoms with Crippen molar-refractivity contribution in [1.29, 1.82) is 0 Å². The molecule has 0 amide bonds. The molecule has 1 saturated heterocycles. The van der Waals surface area contributed by atoms with Gasteiger partial charge in [0.25, 0.3) is 0 Å². The van der Waals surface area contributed by atoms with Crippen LogP contribution in [0.1, 0.15) is 18.5 Å². The zero-order valence-electron chi connectivity index (χ0n) is 12.2. The molecule has 2 unspecified atom stereocenters. The summed E-state index contributed by atoms with van der Waals surface area (Å²) < 4.78 is 5.21.